The molecule has 0 unspecified atom stereocenters. The maximum Gasteiger partial charge on any atom is 0.258 e. The minimum atomic E-state index is -0.269. The van der Waals surface area contributed by atoms with Crippen LogP contribution in [0.5, 0.6) is 0 Å². The Hall–Kier alpha value is -2.43. The molecule has 0 aliphatic carbocycles. The van der Waals surface area contributed by atoms with Crippen molar-refractivity contribution in [3.63, 3.8) is 0 Å². The topological polar surface area (TPSA) is 41.1 Å². The third-order valence-corrected chi connectivity index (χ3v) is 4.64. The summed E-state index contributed by atoms with van der Waals surface area (Å²) in [6, 6.07) is 16.9. The highest BCUT2D eigenvalue weighted by atomic mass is 35.5. The van der Waals surface area contributed by atoms with E-state index in [4.69, 9.17) is 23.8 Å². The number of aryl methyl sites for hydroxylation is 2. The van der Waals surface area contributed by atoms with Crippen molar-refractivity contribution in [3.8, 4) is 0 Å². The van der Waals surface area contributed by atoms with Crippen molar-refractivity contribution in [3.05, 3.63) is 76.3 Å². The molecule has 25 heavy (non-hydrogen) atoms. The maximum absolute atomic E-state index is 12.6. The van der Waals surface area contributed by atoms with Gasteiger partial charge in [-0.05, 0) is 66.8 Å². The van der Waals surface area contributed by atoms with Crippen LogP contribution < -0.4 is 10.6 Å². The lowest BCUT2D eigenvalue weighted by Crippen LogP contribution is -2.34. The average Bonchev–Trinajstić information content (AvgIpc) is 2.58. The van der Waals surface area contributed by atoms with E-state index in [2.05, 4.69) is 10.6 Å². The Bertz CT molecular complexity index is 985. The zero-order valence-electron chi connectivity index (χ0n) is 13.9. The fourth-order valence-corrected chi connectivity index (χ4v) is 3.07. The highest BCUT2D eigenvalue weighted by Crippen LogP contribution is 2.26. The van der Waals surface area contributed by atoms with Crippen LogP contribution >= 0.6 is 23.8 Å². The average molecular weight is 369 g/mol. The summed E-state index contributed by atoms with van der Waals surface area (Å²) >= 11 is 11.5. The van der Waals surface area contributed by atoms with Crippen molar-refractivity contribution < 1.29 is 4.79 Å². The van der Waals surface area contributed by atoms with Gasteiger partial charge in [-0.25, -0.2) is 0 Å². The molecule has 3 aromatic carbocycles. The number of anilines is 1. The molecule has 0 bridgehead atoms. The first-order valence-corrected chi connectivity index (χ1v) is 8.61. The molecule has 3 aromatic rings. The lowest BCUT2D eigenvalue weighted by atomic mass is 10.0. The van der Waals surface area contributed by atoms with Gasteiger partial charge < -0.3 is 5.32 Å². The molecule has 0 atom stereocenters. The summed E-state index contributed by atoms with van der Waals surface area (Å²) < 4.78 is 0. The van der Waals surface area contributed by atoms with Crippen LogP contribution in [0.2, 0.25) is 5.02 Å². The van der Waals surface area contributed by atoms with E-state index in [1.54, 1.807) is 12.1 Å². The van der Waals surface area contributed by atoms with Crippen LogP contribution in [0.3, 0.4) is 0 Å². The molecule has 0 saturated heterocycles. The molecule has 0 spiro atoms. The van der Waals surface area contributed by atoms with Crippen LogP contribution in [0.4, 0.5) is 5.69 Å². The molecule has 2 N–H and O–H groups in total. The number of halogens is 1. The summed E-state index contributed by atoms with van der Waals surface area (Å²) in [5.41, 5.74) is 3.73. The fourth-order valence-electron chi connectivity index (χ4n) is 2.62. The molecule has 0 aliphatic rings. The number of thiocarbonyl (C=S) groups is 1. The maximum atomic E-state index is 12.6. The minimum absolute atomic E-state index is 0.257. The molecular weight excluding hydrogens is 352 g/mol. The molecule has 0 fully saturated rings. The van der Waals surface area contributed by atoms with Crippen LogP contribution in [0.15, 0.2) is 54.6 Å². The van der Waals surface area contributed by atoms with Crippen molar-refractivity contribution in [2.45, 2.75) is 13.8 Å². The highest BCUT2D eigenvalue weighted by Gasteiger charge is 2.12. The van der Waals surface area contributed by atoms with Crippen LogP contribution in [0.25, 0.3) is 10.8 Å². The number of hydrogen-bond donors (Lipinski definition) is 2. The minimum Gasteiger partial charge on any atom is -0.332 e. The molecule has 5 heteroatoms. The van der Waals surface area contributed by atoms with Gasteiger partial charge in [-0.3, -0.25) is 10.1 Å². The first kappa shape index (κ1) is 17.4. The number of rotatable bonds is 2. The second-order valence-electron chi connectivity index (χ2n) is 5.85. The molecule has 0 radical (unpaired) electrons. The van der Waals surface area contributed by atoms with Gasteiger partial charge in [-0.15, -0.1) is 0 Å². The summed E-state index contributed by atoms with van der Waals surface area (Å²) in [4.78, 5) is 12.6. The van der Waals surface area contributed by atoms with Gasteiger partial charge in [0.15, 0.2) is 5.11 Å². The molecule has 126 valence electrons. The first-order valence-electron chi connectivity index (χ1n) is 7.82. The highest BCUT2D eigenvalue weighted by molar-refractivity contribution is 7.80. The van der Waals surface area contributed by atoms with Crippen LogP contribution in [-0.4, -0.2) is 11.0 Å². The second-order valence-corrected chi connectivity index (χ2v) is 6.66. The van der Waals surface area contributed by atoms with Gasteiger partial charge in [0.05, 0.1) is 0 Å². The largest absolute Gasteiger partial charge is 0.332 e. The van der Waals surface area contributed by atoms with Crippen molar-refractivity contribution >= 4 is 51.3 Å². The zero-order chi connectivity index (χ0) is 18.0. The fraction of sp³-hybridized carbons (Fsp3) is 0.100. The first-order chi connectivity index (χ1) is 12.0. The lowest BCUT2D eigenvalue weighted by Gasteiger charge is -2.12. The van der Waals surface area contributed by atoms with E-state index in [0.717, 1.165) is 22.0 Å². The number of carbonyl (C=O) groups excluding carboxylic acids is 1. The number of benzene rings is 3. The molecule has 0 heterocycles. The second kappa shape index (κ2) is 7.21. The third-order valence-electron chi connectivity index (χ3n) is 4.11. The van der Waals surface area contributed by atoms with Gasteiger partial charge >= 0.3 is 0 Å². The Morgan fingerprint density at radius 2 is 1.68 bits per heavy atom. The Kier molecular flexibility index (Phi) is 5.02. The van der Waals surface area contributed by atoms with E-state index >= 15 is 0 Å². The van der Waals surface area contributed by atoms with Gasteiger partial charge in [-0.1, -0.05) is 41.9 Å². The Morgan fingerprint density at radius 1 is 0.960 bits per heavy atom. The monoisotopic (exact) mass is 368 g/mol. The SMILES string of the molecule is Cc1ccc(NC(=S)NC(=O)c2cccc3c(Cl)cccc23)cc1C. The molecule has 0 aliphatic heterocycles. The van der Waals surface area contributed by atoms with Crippen molar-refractivity contribution in [2.24, 2.45) is 0 Å². The molecule has 3 rings (SSSR count). The summed E-state index contributed by atoms with van der Waals surface area (Å²) in [6.45, 7) is 4.08. The van der Waals surface area contributed by atoms with Crippen molar-refractivity contribution in [1.29, 1.82) is 0 Å². The van der Waals surface area contributed by atoms with E-state index < -0.39 is 0 Å². The van der Waals surface area contributed by atoms with E-state index in [-0.39, 0.29) is 11.0 Å². The van der Waals surface area contributed by atoms with Crippen molar-refractivity contribution in [1.82, 2.24) is 5.32 Å². The van der Waals surface area contributed by atoms with Crippen LogP contribution in [-0.2, 0) is 0 Å². The summed E-state index contributed by atoms with van der Waals surface area (Å²) in [7, 11) is 0. The van der Waals surface area contributed by atoms with Gasteiger partial charge in [0.2, 0.25) is 0 Å². The van der Waals surface area contributed by atoms with E-state index in [9.17, 15) is 4.79 Å². The number of hydrogen-bond acceptors (Lipinski definition) is 2. The predicted molar refractivity (Wildman–Crippen MR) is 109 cm³/mol. The number of nitrogens with one attached hydrogen (secondary N) is 2. The Morgan fingerprint density at radius 3 is 2.44 bits per heavy atom. The summed E-state index contributed by atoms with van der Waals surface area (Å²) in [5, 5.41) is 8.27. The number of amides is 1. The lowest BCUT2D eigenvalue weighted by molar-refractivity contribution is 0.0979. The van der Waals surface area contributed by atoms with E-state index in [0.29, 0.717) is 10.6 Å². The van der Waals surface area contributed by atoms with Crippen LogP contribution in [0.1, 0.15) is 21.5 Å². The van der Waals surface area contributed by atoms with Gasteiger partial charge in [0.1, 0.15) is 0 Å². The third kappa shape index (κ3) is 3.81. The smallest absolute Gasteiger partial charge is 0.258 e. The number of carbonyl (C=O) groups is 1. The Balaban J connectivity index is 1.79. The molecule has 3 nitrogen and oxygen atoms in total. The normalized spacial score (nSPS) is 10.5. The summed E-state index contributed by atoms with van der Waals surface area (Å²) in [5.74, 6) is -0.269. The van der Waals surface area contributed by atoms with E-state index in [1.807, 2.05) is 56.3 Å². The molecule has 0 aromatic heterocycles. The van der Waals surface area contributed by atoms with E-state index in [1.165, 1.54) is 5.56 Å². The number of fused-ring (bicyclic) bond motifs is 1. The van der Waals surface area contributed by atoms with Gasteiger partial charge in [0.25, 0.3) is 5.91 Å². The molecular formula is C20H17ClN2OS. The van der Waals surface area contributed by atoms with Gasteiger partial charge in [0, 0.05) is 21.7 Å². The quantitative estimate of drug-likeness (QED) is 0.608. The zero-order valence-corrected chi connectivity index (χ0v) is 15.5. The molecule has 0 saturated carbocycles. The summed E-state index contributed by atoms with van der Waals surface area (Å²) in [6.07, 6.45) is 0. The predicted octanol–water partition coefficient (Wildman–Crippen LogP) is 5.24. The van der Waals surface area contributed by atoms with Crippen molar-refractivity contribution in [2.75, 3.05) is 5.32 Å². The standard InChI is InChI=1S/C20H17ClN2OS/c1-12-9-10-14(11-13(12)2)22-20(25)23-19(24)17-7-3-6-16-15(17)5-4-8-18(16)21/h3-11H,1-2H3,(H2,22,23,24,25). The Labute approximate surface area is 157 Å². The van der Waals surface area contributed by atoms with Crippen LogP contribution in [0, 0.1) is 13.8 Å². The molecule has 1 amide bonds. The van der Waals surface area contributed by atoms with Gasteiger partial charge in [-0.2, -0.15) is 0 Å².